The van der Waals surface area contributed by atoms with Crippen molar-refractivity contribution in [3.63, 3.8) is 0 Å². The molecule has 0 bridgehead atoms. The number of nitrogens with zero attached hydrogens (tertiary/aromatic N) is 2. The zero-order chi connectivity index (χ0) is 15.4. The molecule has 5 heteroatoms. The number of methoxy groups -OCH3 is 2. The van der Waals surface area contributed by atoms with Gasteiger partial charge in [0.25, 0.3) is 0 Å². The van der Waals surface area contributed by atoms with Crippen LogP contribution < -0.4 is 9.47 Å². The predicted molar refractivity (Wildman–Crippen MR) is 77.6 cm³/mol. The maximum atomic E-state index is 9.51. The lowest BCUT2D eigenvalue weighted by Crippen LogP contribution is -2.04. The number of benzene rings is 1. The summed E-state index contributed by atoms with van der Waals surface area (Å²) in [7, 11) is 3.23. The van der Waals surface area contributed by atoms with Crippen molar-refractivity contribution in [2.75, 3.05) is 14.2 Å². The molecule has 0 saturated heterocycles. The van der Waals surface area contributed by atoms with Crippen molar-refractivity contribution in [1.29, 1.82) is 5.26 Å². The Morgan fingerprint density at radius 3 is 2.57 bits per heavy atom. The Morgan fingerprint density at radius 1 is 1.29 bits per heavy atom. The highest BCUT2D eigenvalue weighted by Crippen LogP contribution is 2.31. The maximum Gasteiger partial charge on any atom is 0.138 e. The number of aryl methyl sites for hydroxylation is 2. The fourth-order valence-electron chi connectivity index (χ4n) is 2.46. The lowest BCUT2D eigenvalue weighted by molar-refractivity contribution is 0.391. The van der Waals surface area contributed by atoms with Crippen LogP contribution in [0.25, 0.3) is 0 Å². The largest absolute Gasteiger partial charge is 0.497 e. The quantitative estimate of drug-likeness (QED) is 0.844. The second-order valence-electron chi connectivity index (χ2n) is 4.80. The van der Waals surface area contributed by atoms with E-state index in [-0.39, 0.29) is 5.92 Å². The normalized spacial score (nSPS) is 11.8. The first-order valence-corrected chi connectivity index (χ1v) is 6.64. The molecule has 0 fully saturated rings. The molecule has 1 heterocycles. The zero-order valence-corrected chi connectivity index (χ0v) is 12.6. The monoisotopic (exact) mass is 286 g/mol. The predicted octanol–water partition coefficient (Wildman–Crippen LogP) is 3.16. The molecule has 1 atom stereocenters. The number of rotatable bonds is 5. The summed E-state index contributed by atoms with van der Waals surface area (Å²) in [4.78, 5) is 0. The summed E-state index contributed by atoms with van der Waals surface area (Å²) >= 11 is 0. The molecule has 1 unspecified atom stereocenters. The van der Waals surface area contributed by atoms with Crippen LogP contribution in [0.1, 0.15) is 28.5 Å². The minimum atomic E-state index is -0.336. The topological polar surface area (TPSA) is 68.3 Å². The summed E-state index contributed by atoms with van der Waals surface area (Å²) in [6.07, 6.45) is 0.514. The molecule has 1 aromatic carbocycles. The summed E-state index contributed by atoms with van der Waals surface area (Å²) < 4.78 is 15.8. The van der Waals surface area contributed by atoms with Crippen LogP contribution in [-0.2, 0) is 6.42 Å². The Kier molecular flexibility index (Phi) is 4.49. The molecule has 0 amide bonds. The standard InChI is InChI=1S/C16H18N2O3/c1-10-16(11(2)21-18-10)13(9-17)7-12-8-14(19-3)5-6-15(12)20-4/h5-6,8,13H,7H2,1-4H3. The SMILES string of the molecule is COc1ccc(OC)c(CC(C#N)c2c(C)noc2C)c1. The van der Waals surface area contributed by atoms with Gasteiger partial charge in [-0.3, -0.25) is 0 Å². The van der Waals surface area contributed by atoms with Crippen LogP contribution in [0.2, 0.25) is 0 Å². The van der Waals surface area contributed by atoms with Gasteiger partial charge in [0.15, 0.2) is 0 Å². The minimum absolute atomic E-state index is 0.336. The third-order valence-corrected chi connectivity index (χ3v) is 3.50. The second-order valence-corrected chi connectivity index (χ2v) is 4.80. The Hall–Kier alpha value is -2.48. The van der Waals surface area contributed by atoms with Gasteiger partial charge in [0.05, 0.1) is 31.9 Å². The van der Waals surface area contributed by atoms with E-state index in [9.17, 15) is 5.26 Å². The Morgan fingerprint density at radius 2 is 2.05 bits per heavy atom. The Balaban J connectivity index is 2.37. The Labute approximate surface area is 124 Å². The van der Waals surface area contributed by atoms with Crippen molar-refractivity contribution in [2.24, 2.45) is 0 Å². The van der Waals surface area contributed by atoms with Crippen molar-refractivity contribution in [3.8, 4) is 17.6 Å². The van der Waals surface area contributed by atoms with Gasteiger partial charge in [-0.2, -0.15) is 5.26 Å². The van der Waals surface area contributed by atoms with Gasteiger partial charge in [0.2, 0.25) is 0 Å². The van der Waals surface area contributed by atoms with Gasteiger partial charge in [-0.25, -0.2) is 0 Å². The molecule has 0 radical (unpaired) electrons. The van der Waals surface area contributed by atoms with E-state index in [1.54, 1.807) is 14.2 Å². The number of nitriles is 1. The highest BCUT2D eigenvalue weighted by Gasteiger charge is 2.22. The van der Waals surface area contributed by atoms with E-state index in [4.69, 9.17) is 14.0 Å². The van der Waals surface area contributed by atoms with Crippen LogP contribution in [0.4, 0.5) is 0 Å². The molecule has 2 aromatic rings. The molecule has 0 spiro atoms. The van der Waals surface area contributed by atoms with Crippen LogP contribution in [0.15, 0.2) is 22.7 Å². The first-order valence-electron chi connectivity index (χ1n) is 6.64. The van der Waals surface area contributed by atoms with E-state index < -0.39 is 0 Å². The molecule has 2 rings (SSSR count). The average Bonchev–Trinajstić information content (AvgIpc) is 2.83. The van der Waals surface area contributed by atoms with Crippen molar-refractivity contribution < 1.29 is 14.0 Å². The van der Waals surface area contributed by atoms with Gasteiger partial charge in [-0.15, -0.1) is 0 Å². The van der Waals surface area contributed by atoms with E-state index in [1.807, 2.05) is 32.0 Å². The fourth-order valence-corrected chi connectivity index (χ4v) is 2.46. The lowest BCUT2D eigenvalue weighted by Gasteiger charge is -2.13. The van der Waals surface area contributed by atoms with Crippen LogP contribution in [0.5, 0.6) is 11.5 Å². The van der Waals surface area contributed by atoms with Gasteiger partial charge in [-0.1, -0.05) is 5.16 Å². The number of ether oxygens (including phenoxy) is 2. The van der Waals surface area contributed by atoms with Crippen LogP contribution in [0.3, 0.4) is 0 Å². The smallest absolute Gasteiger partial charge is 0.138 e. The summed E-state index contributed by atoms with van der Waals surface area (Å²) in [5, 5.41) is 13.4. The second kappa shape index (κ2) is 6.31. The number of aromatic nitrogens is 1. The van der Waals surface area contributed by atoms with Crippen molar-refractivity contribution >= 4 is 0 Å². The summed E-state index contributed by atoms with van der Waals surface area (Å²) in [6.45, 7) is 3.67. The lowest BCUT2D eigenvalue weighted by atomic mass is 9.91. The number of hydrogen-bond donors (Lipinski definition) is 0. The van der Waals surface area contributed by atoms with Crippen LogP contribution >= 0.6 is 0 Å². The number of hydrogen-bond acceptors (Lipinski definition) is 5. The molecule has 0 aliphatic carbocycles. The summed E-state index contributed by atoms with van der Waals surface area (Å²) in [5.74, 6) is 1.82. The van der Waals surface area contributed by atoms with Crippen molar-refractivity contribution in [2.45, 2.75) is 26.2 Å². The Bertz CT molecular complexity index is 651. The molecule has 21 heavy (non-hydrogen) atoms. The van der Waals surface area contributed by atoms with Crippen molar-refractivity contribution in [1.82, 2.24) is 5.16 Å². The molecular formula is C16H18N2O3. The third kappa shape index (κ3) is 3.00. The van der Waals surface area contributed by atoms with E-state index in [0.29, 0.717) is 12.2 Å². The summed E-state index contributed by atoms with van der Waals surface area (Å²) in [5.41, 5.74) is 2.52. The molecule has 5 nitrogen and oxygen atoms in total. The van der Waals surface area contributed by atoms with E-state index >= 15 is 0 Å². The average molecular weight is 286 g/mol. The maximum absolute atomic E-state index is 9.51. The molecule has 1 aromatic heterocycles. The molecule has 0 saturated carbocycles. The highest BCUT2D eigenvalue weighted by atomic mass is 16.5. The van der Waals surface area contributed by atoms with E-state index in [0.717, 1.165) is 28.3 Å². The fraction of sp³-hybridized carbons (Fsp3) is 0.375. The molecule has 0 aliphatic heterocycles. The molecule has 0 N–H and O–H groups in total. The molecule has 110 valence electrons. The van der Waals surface area contributed by atoms with Gasteiger partial charge >= 0.3 is 0 Å². The van der Waals surface area contributed by atoms with Gasteiger partial charge in [-0.05, 0) is 44.0 Å². The third-order valence-electron chi connectivity index (χ3n) is 3.50. The zero-order valence-electron chi connectivity index (χ0n) is 12.6. The van der Waals surface area contributed by atoms with Gasteiger partial charge in [0.1, 0.15) is 17.3 Å². The first kappa shape index (κ1) is 14.9. The van der Waals surface area contributed by atoms with Crippen LogP contribution in [0, 0.1) is 25.2 Å². The first-order chi connectivity index (χ1) is 10.1. The summed E-state index contributed by atoms with van der Waals surface area (Å²) in [6, 6.07) is 7.89. The van der Waals surface area contributed by atoms with Gasteiger partial charge < -0.3 is 14.0 Å². The van der Waals surface area contributed by atoms with Crippen LogP contribution in [-0.4, -0.2) is 19.4 Å². The highest BCUT2D eigenvalue weighted by molar-refractivity contribution is 5.43. The molecular weight excluding hydrogens is 268 g/mol. The van der Waals surface area contributed by atoms with E-state index in [1.165, 1.54) is 0 Å². The van der Waals surface area contributed by atoms with Gasteiger partial charge in [0, 0.05) is 5.56 Å². The molecule has 0 aliphatic rings. The minimum Gasteiger partial charge on any atom is -0.497 e. The van der Waals surface area contributed by atoms with E-state index in [2.05, 4.69) is 11.2 Å². The van der Waals surface area contributed by atoms with Crippen molar-refractivity contribution in [3.05, 3.63) is 40.8 Å².